The lowest BCUT2D eigenvalue weighted by Gasteiger charge is -2.30. The molecule has 4 heteroatoms. The zero-order valence-electron chi connectivity index (χ0n) is 18.9. The van der Waals surface area contributed by atoms with Gasteiger partial charge in [0.1, 0.15) is 18.1 Å². The van der Waals surface area contributed by atoms with Gasteiger partial charge >= 0.3 is 5.97 Å². The highest BCUT2D eigenvalue weighted by atomic mass is 16.5. The van der Waals surface area contributed by atoms with Crippen molar-refractivity contribution in [3.63, 3.8) is 0 Å². The summed E-state index contributed by atoms with van der Waals surface area (Å²) in [6.45, 7) is 1.02. The van der Waals surface area contributed by atoms with Gasteiger partial charge in [-0.3, -0.25) is 9.69 Å². The van der Waals surface area contributed by atoms with Crippen LogP contribution in [0, 0.1) is 5.92 Å². The Morgan fingerprint density at radius 3 is 2.29 bits per heavy atom. The average Bonchev–Trinajstić information content (AvgIpc) is 3.27. The van der Waals surface area contributed by atoms with E-state index in [1.54, 1.807) is 0 Å². The number of hydrogen-bond acceptors (Lipinski definition) is 4. The van der Waals surface area contributed by atoms with E-state index >= 15 is 0 Å². The van der Waals surface area contributed by atoms with Crippen molar-refractivity contribution in [2.75, 3.05) is 7.05 Å². The Hall–Kier alpha value is -2.07. The van der Waals surface area contributed by atoms with Crippen molar-refractivity contribution in [2.24, 2.45) is 5.92 Å². The van der Waals surface area contributed by atoms with Crippen LogP contribution < -0.4 is 0 Å². The van der Waals surface area contributed by atoms with Crippen molar-refractivity contribution in [2.45, 2.75) is 89.3 Å². The summed E-state index contributed by atoms with van der Waals surface area (Å²) >= 11 is 0. The van der Waals surface area contributed by atoms with Gasteiger partial charge in [0.25, 0.3) is 0 Å². The molecule has 2 fully saturated rings. The summed E-state index contributed by atoms with van der Waals surface area (Å²) in [7, 11) is 2.19. The first kappa shape index (κ1) is 22.1. The second-order valence-corrected chi connectivity index (χ2v) is 9.47. The van der Waals surface area contributed by atoms with E-state index in [4.69, 9.17) is 9.15 Å². The van der Waals surface area contributed by atoms with Crippen LogP contribution in [0.1, 0.15) is 87.2 Å². The molecule has 1 heterocycles. The molecular weight excluding hydrogens is 386 g/mol. The first-order chi connectivity index (χ1) is 15.2. The lowest BCUT2D eigenvalue weighted by Crippen LogP contribution is -2.32. The number of esters is 1. The Morgan fingerprint density at radius 2 is 1.58 bits per heavy atom. The van der Waals surface area contributed by atoms with Crippen LogP contribution in [0.2, 0.25) is 0 Å². The van der Waals surface area contributed by atoms with Crippen LogP contribution in [0.3, 0.4) is 0 Å². The number of carbonyl (C=O) groups is 1. The van der Waals surface area contributed by atoms with Crippen molar-refractivity contribution in [1.82, 2.24) is 4.90 Å². The Balaban J connectivity index is 1.34. The smallest absolute Gasteiger partial charge is 0.314 e. The number of nitrogens with zero attached hydrogens (tertiary/aromatic N) is 1. The molecule has 168 valence electrons. The van der Waals surface area contributed by atoms with Gasteiger partial charge in [0, 0.05) is 6.04 Å². The molecule has 0 saturated heterocycles. The maximum atomic E-state index is 13.1. The molecule has 2 aliphatic carbocycles. The van der Waals surface area contributed by atoms with Crippen LogP contribution in [0.5, 0.6) is 0 Å². The maximum Gasteiger partial charge on any atom is 0.314 e. The lowest BCUT2D eigenvalue weighted by molar-refractivity contribution is -0.149. The van der Waals surface area contributed by atoms with Crippen molar-refractivity contribution in [3.05, 3.63) is 59.5 Å². The molecule has 0 bridgehead atoms. The maximum absolute atomic E-state index is 13.1. The molecule has 4 nitrogen and oxygen atoms in total. The number of hydrogen-bond donors (Lipinski definition) is 0. The fourth-order valence-corrected chi connectivity index (χ4v) is 5.44. The second-order valence-electron chi connectivity index (χ2n) is 9.47. The van der Waals surface area contributed by atoms with E-state index in [0.29, 0.717) is 12.0 Å². The molecule has 0 aliphatic heterocycles. The predicted octanol–water partition coefficient (Wildman–Crippen LogP) is 6.45. The predicted molar refractivity (Wildman–Crippen MR) is 123 cm³/mol. The quantitative estimate of drug-likeness (QED) is 0.458. The molecule has 2 aromatic rings. The summed E-state index contributed by atoms with van der Waals surface area (Å²) in [5.41, 5.74) is 1.08. The van der Waals surface area contributed by atoms with Crippen LogP contribution in [0.15, 0.2) is 46.9 Å². The van der Waals surface area contributed by atoms with E-state index in [0.717, 1.165) is 36.5 Å². The Labute approximate surface area is 187 Å². The zero-order chi connectivity index (χ0) is 21.5. The summed E-state index contributed by atoms with van der Waals surface area (Å²) in [6.07, 6.45) is 12.5. The van der Waals surface area contributed by atoms with Crippen LogP contribution in [-0.4, -0.2) is 24.0 Å². The van der Waals surface area contributed by atoms with Crippen molar-refractivity contribution in [3.8, 4) is 0 Å². The normalized spacial score (nSPS) is 19.4. The molecular formula is C27H37NO3. The van der Waals surface area contributed by atoms with Gasteiger partial charge in [-0.1, -0.05) is 68.9 Å². The van der Waals surface area contributed by atoms with E-state index in [9.17, 15) is 4.79 Å². The molecule has 1 atom stereocenters. The van der Waals surface area contributed by atoms with Crippen molar-refractivity contribution in [1.29, 1.82) is 0 Å². The number of ether oxygens (including phenoxy) is 1. The standard InChI is InChI=1S/C27H37NO3/c1-28(23-15-9-4-10-16-23)19-24-17-18-25(31-24)20-30-27(29)26(21-11-5-2-6-12-21)22-13-7-3-8-14-22/h2,5-6,11-12,17-18,22-23,26H,3-4,7-10,13-16,19-20H2,1H3/t26-/m0/s1. The molecule has 0 spiro atoms. The van der Waals surface area contributed by atoms with E-state index < -0.39 is 0 Å². The Bertz CT molecular complexity index is 803. The first-order valence-corrected chi connectivity index (χ1v) is 12.2. The Kier molecular flexibility index (Phi) is 7.85. The minimum atomic E-state index is -0.173. The molecule has 1 aromatic heterocycles. The third kappa shape index (κ3) is 6.00. The van der Waals surface area contributed by atoms with E-state index in [2.05, 4.69) is 24.1 Å². The highest BCUT2D eigenvalue weighted by Gasteiger charge is 2.32. The van der Waals surface area contributed by atoms with Crippen molar-refractivity contribution >= 4 is 5.97 Å². The molecule has 31 heavy (non-hydrogen) atoms. The number of rotatable bonds is 8. The molecule has 0 radical (unpaired) electrons. The van der Waals surface area contributed by atoms with Gasteiger partial charge in [-0.2, -0.15) is 0 Å². The van der Waals surface area contributed by atoms with E-state index in [1.807, 2.05) is 30.3 Å². The summed E-state index contributed by atoms with van der Waals surface area (Å²) < 4.78 is 11.8. The molecule has 0 amide bonds. The highest BCUT2D eigenvalue weighted by Crippen LogP contribution is 2.37. The molecule has 1 aromatic carbocycles. The topological polar surface area (TPSA) is 42.7 Å². The number of carbonyl (C=O) groups excluding carboxylic acids is 1. The monoisotopic (exact) mass is 423 g/mol. The van der Waals surface area contributed by atoms with Gasteiger partial charge in [0.05, 0.1) is 12.5 Å². The Morgan fingerprint density at radius 1 is 0.935 bits per heavy atom. The molecule has 0 unspecified atom stereocenters. The van der Waals surface area contributed by atoms with Gasteiger partial charge in [0.2, 0.25) is 0 Å². The number of furan rings is 1. The molecule has 0 N–H and O–H groups in total. The SMILES string of the molecule is CN(Cc1ccc(COC(=O)[C@@H](c2ccccc2)C2CCCCC2)o1)C1CCCCC1. The third-order valence-corrected chi connectivity index (χ3v) is 7.21. The number of benzene rings is 1. The first-order valence-electron chi connectivity index (χ1n) is 12.2. The summed E-state index contributed by atoms with van der Waals surface area (Å²) in [6, 6.07) is 14.8. The zero-order valence-corrected chi connectivity index (χ0v) is 18.9. The van der Waals surface area contributed by atoms with Gasteiger partial charge in [-0.15, -0.1) is 0 Å². The van der Waals surface area contributed by atoms with Gasteiger partial charge < -0.3 is 9.15 Å². The highest BCUT2D eigenvalue weighted by molar-refractivity contribution is 5.78. The fourth-order valence-electron chi connectivity index (χ4n) is 5.44. The van der Waals surface area contributed by atoms with Crippen LogP contribution in [0.25, 0.3) is 0 Å². The minimum absolute atomic E-state index is 0.115. The molecule has 2 aliphatic rings. The third-order valence-electron chi connectivity index (χ3n) is 7.21. The lowest BCUT2D eigenvalue weighted by atomic mass is 9.77. The largest absolute Gasteiger partial charge is 0.461 e. The van der Waals surface area contributed by atoms with Crippen LogP contribution in [0.4, 0.5) is 0 Å². The molecule has 4 rings (SSSR count). The summed E-state index contributed by atoms with van der Waals surface area (Å²) in [4.78, 5) is 15.5. The van der Waals surface area contributed by atoms with Crippen molar-refractivity contribution < 1.29 is 13.9 Å². The van der Waals surface area contributed by atoms with Crippen LogP contribution in [-0.2, 0) is 22.7 Å². The van der Waals surface area contributed by atoms with Gasteiger partial charge in [-0.05, 0) is 56.3 Å². The van der Waals surface area contributed by atoms with E-state index in [1.165, 1.54) is 51.4 Å². The van der Waals surface area contributed by atoms with Gasteiger partial charge in [-0.25, -0.2) is 0 Å². The van der Waals surface area contributed by atoms with E-state index in [-0.39, 0.29) is 18.5 Å². The average molecular weight is 424 g/mol. The fraction of sp³-hybridized carbons (Fsp3) is 0.593. The minimum Gasteiger partial charge on any atom is -0.461 e. The van der Waals surface area contributed by atoms with Crippen LogP contribution >= 0.6 is 0 Å². The summed E-state index contributed by atoms with van der Waals surface area (Å²) in [5.74, 6) is 1.77. The molecule has 2 saturated carbocycles. The van der Waals surface area contributed by atoms with Gasteiger partial charge in [0.15, 0.2) is 0 Å². The summed E-state index contributed by atoms with van der Waals surface area (Å²) in [5, 5.41) is 0. The second kappa shape index (κ2) is 11.0.